The summed E-state index contributed by atoms with van der Waals surface area (Å²) in [5, 5.41) is 0. The first-order chi connectivity index (χ1) is 15.6. The van der Waals surface area contributed by atoms with Crippen molar-refractivity contribution in [1.82, 2.24) is 19.9 Å². The number of piperidine rings is 2. The lowest BCUT2D eigenvalue weighted by atomic mass is 9.72. The average molecular weight is 436 g/mol. The first-order valence-electron chi connectivity index (χ1n) is 10.7. The summed E-state index contributed by atoms with van der Waals surface area (Å²) in [7, 11) is 0. The second kappa shape index (κ2) is 8.61. The lowest BCUT2D eigenvalue weighted by molar-refractivity contribution is -0.00494. The van der Waals surface area contributed by atoms with Crippen molar-refractivity contribution in [3.05, 3.63) is 72.2 Å². The van der Waals surface area contributed by atoms with E-state index in [1.54, 1.807) is 35.5 Å². The van der Waals surface area contributed by atoms with Crippen LogP contribution in [0.1, 0.15) is 29.6 Å². The Bertz CT molecular complexity index is 1110. The Hall–Kier alpha value is -3.42. The number of nitrogens with zero attached hydrogens (tertiary/aromatic N) is 4. The van der Waals surface area contributed by atoms with Crippen LogP contribution in [0.2, 0.25) is 0 Å². The number of pyridine rings is 1. The summed E-state index contributed by atoms with van der Waals surface area (Å²) >= 11 is 0. The fourth-order valence-electron chi connectivity index (χ4n) is 4.83. The SMILES string of the molecule is O=C(c1c(F)cccc1-c1ncccn1)N1CC2CCC1CC2COc1ccc(F)cn1. The summed E-state index contributed by atoms with van der Waals surface area (Å²) < 4.78 is 33.6. The molecule has 0 spiro atoms. The van der Waals surface area contributed by atoms with Gasteiger partial charge in [0, 0.05) is 36.6 Å². The predicted octanol–water partition coefficient (Wildman–Crippen LogP) is 4.14. The minimum absolute atomic E-state index is 0.0198. The van der Waals surface area contributed by atoms with Crippen LogP contribution in [0, 0.1) is 23.5 Å². The highest BCUT2D eigenvalue weighted by molar-refractivity contribution is 6.00. The number of fused-ring (bicyclic) bond motifs is 3. The van der Waals surface area contributed by atoms with Crippen LogP contribution in [0.4, 0.5) is 8.78 Å². The molecule has 3 atom stereocenters. The summed E-state index contributed by atoms with van der Waals surface area (Å²) in [5.41, 5.74) is 0.425. The van der Waals surface area contributed by atoms with Gasteiger partial charge in [0.25, 0.3) is 5.91 Å². The molecule has 2 saturated heterocycles. The van der Waals surface area contributed by atoms with Crippen molar-refractivity contribution in [3.63, 3.8) is 0 Å². The Kier molecular flexibility index (Phi) is 5.51. The topological polar surface area (TPSA) is 68.2 Å². The van der Waals surface area contributed by atoms with Crippen molar-refractivity contribution < 1.29 is 18.3 Å². The fraction of sp³-hybridized carbons (Fsp3) is 0.333. The van der Waals surface area contributed by atoms with Crippen molar-refractivity contribution in [2.45, 2.75) is 25.3 Å². The molecule has 4 heterocycles. The summed E-state index contributed by atoms with van der Waals surface area (Å²) in [6.07, 6.45) is 6.93. The Balaban J connectivity index is 1.33. The molecule has 0 radical (unpaired) electrons. The number of rotatable bonds is 5. The molecule has 1 amide bonds. The monoisotopic (exact) mass is 436 g/mol. The van der Waals surface area contributed by atoms with Crippen molar-refractivity contribution in [2.24, 2.45) is 11.8 Å². The molecule has 3 fully saturated rings. The second-order valence-corrected chi connectivity index (χ2v) is 8.31. The van der Waals surface area contributed by atoms with E-state index >= 15 is 0 Å². The lowest BCUT2D eigenvalue weighted by Crippen LogP contribution is -2.55. The van der Waals surface area contributed by atoms with Crippen molar-refractivity contribution in [3.8, 4) is 17.3 Å². The molecule has 6 nitrogen and oxygen atoms in total. The first kappa shape index (κ1) is 20.5. The Morgan fingerprint density at radius 2 is 1.91 bits per heavy atom. The normalized spacial score (nSPS) is 22.1. The van der Waals surface area contributed by atoms with Crippen molar-refractivity contribution >= 4 is 5.91 Å². The number of aromatic nitrogens is 3. The molecule has 3 aromatic rings. The largest absolute Gasteiger partial charge is 0.477 e. The van der Waals surface area contributed by atoms with Gasteiger partial charge in [0.2, 0.25) is 5.88 Å². The van der Waals surface area contributed by atoms with Gasteiger partial charge in [-0.05, 0) is 49.3 Å². The summed E-state index contributed by atoms with van der Waals surface area (Å²) in [5.74, 6) is -0.0508. The number of amides is 1. The Morgan fingerprint density at radius 3 is 2.62 bits per heavy atom. The lowest BCUT2D eigenvalue weighted by Gasteiger charge is -2.49. The highest BCUT2D eigenvalue weighted by atomic mass is 19.1. The molecular formula is C24H22F2N4O2. The highest BCUT2D eigenvalue weighted by Crippen LogP contribution is 2.41. The van der Waals surface area contributed by atoms with E-state index < -0.39 is 11.6 Å². The predicted molar refractivity (Wildman–Crippen MR) is 113 cm³/mol. The molecule has 0 N–H and O–H groups in total. The number of carbonyl (C=O) groups is 1. The van der Waals surface area contributed by atoms with Crippen LogP contribution in [-0.2, 0) is 0 Å². The molecule has 2 aromatic heterocycles. The molecule has 3 unspecified atom stereocenters. The molecule has 1 saturated carbocycles. The van der Waals surface area contributed by atoms with E-state index in [2.05, 4.69) is 15.0 Å². The molecule has 8 heteroatoms. The maximum Gasteiger partial charge on any atom is 0.257 e. The maximum atomic E-state index is 14.8. The standard InChI is InChI=1S/C24H22F2N4O2/c25-17-6-8-21(29-12-17)32-14-16-11-18-7-5-15(16)13-30(18)24(31)22-19(3-1-4-20(22)26)23-27-9-2-10-28-23/h1-4,6,8-10,12,15-16,18H,5,7,11,13-14H2. The minimum atomic E-state index is -0.566. The molecule has 6 rings (SSSR count). The van der Waals surface area contributed by atoms with Crippen LogP contribution in [0.3, 0.4) is 0 Å². The summed E-state index contributed by atoms with van der Waals surface area (Å²) in [4.78, 5) is 27.6. The van der Waals surface area contributed by atoms with Crippen LogP contribution < -0.4 is 4.74 Å². The highest BCUT2D eigenvalue weighted by Gasteiger charge is 2.43. The molecule has 32 heavy (non-hydrogen) atoms. The van der Waals surface area contributed by atoms with Crippen LogP contribution in [0.5, 0.6) is 5.88 Å². The summed E-state index contributed by atoms with van der Waals surface area (Å²) in [6.45, 7) is 1.02. The van der Waals surface area contributed by atoms with Crippen LogP contribution in [0.15, 0.2) is 55.0 Å². The van der Waals surface area contributed by atoms with Gasteiger partial charge in [-0.15, -0.1) is 0 Å². The third kappa shape index (κ3) is 3.92. The number of ether oxygens (including phenoxy) is 1. The second-order valence-electron chi connectivity index (χ2n) is 8.31. The van der Waals surface area contributed by atoms with Gasteiger partial charge >= 0.3 is 0 Å². The molecule has 2 bridgehead atoms. The summed E-state index contributed by atoms with van der Waals surface area (Å²) in [6, 6.07) is 9.07. The third-order valence-corrected chi connectivity index (χ3v) is 6.42. The van der Waals surface area contributed by atoms with Gasteiger partial charge in [-0.1, -0.05) is 12.1 Å². The zero-order valence-corrected chi connectivity index (χ0v) is 17.3. The molecule has 1 aliphatic carbocycles. The third-order valence-electron chi connectivity index (χ3n) is 6.42. The zero-order valence-electron chi connectivity index (χ0n) is 17.3. The number of halogens is 2. The van der Waals surface area contributed by atoms with E-state index in [9.17, 15) is 13.6 Å². The van der Waals surface area contributed by atoms with Gasteiger partial charge in [-0.25, -0.2) is 23.7 Å². The van der Waals surface area contributed by atoms with Gasteiger partial charge < -0.3 is 9.64 Å². The number of hydrogen-bond donors (Lipinski definition) is 0. The van der Waals surface area contributed by atoms with Gasteiger partial charge in [0.15, 0.2) is 5.82 Å². The maximum absolute atomic E-state index is 14.8. The van der Waals surface area contributed by atoms with Gasteiger partial charge in [-0.2, -0.15) is 0 Å². The first-order valence-corrected chi connectivity index (χ1v) is 10.7. The number of benzene rings is 1. The molecule has 164 valence electrons. The Morgan fingerprint density at radius 1 is 1.06 bits per heavy atom. The van der Waals surface area contributed by atoms with Gasteiger partial charge in [-0.3, -0.25) is 4.79 Å². The van der Waals surface area contributed by atoms with E-state index in [1.165, 1.54) is 18.2 Å². The van der Waals surface area contributed by atoms with E-state index in [0.717, 1.165) is 25.5 Å². The van der Waals surface area contributed by atoms with Crippen LogP contribution in [-0.4, -0.2) is 45.0 Å². The van der Waals surface area contributed by atoms with Gasteiger partial charge in [0.05, 0.1) is 18.4 Å². The molecule has 1 aromatic carbocycles. The van der Waals surface area contributed by atoms with Crippen molar-refractivity contribution in [2.75, 3.05) is 13.2 Å². The molecular weight excluding hydrogens is 414 g/mol. The van der Waals surface area contributed by atoms with E-state index in [-0.39, 0.29) is 29.3 Å². The van der Waals surface area contributed by atoms with Crippen molar-refractivity contribution in [1.29, 1.82) is 0 Å². The van der Waals surface area contributed by atoms with Crippen LogP contribution >= 0.6 is 0 Å². The van der Waals surface area contributed by atoms with E-state index in [1.807, 2.05) is 0 Å². The Labute approximate surface area is 184 Å². The average Bonchev–Trinajstić information content (AvgIpc) is 2.84. The smallest absolute Gasteiger partial charge is 0.257 e. The van der Waals surface area contributed by atoms with E-state index in [4.69, 9.17) is 4.74 Å². The quantitative estimate of drug-likeness (QED) is 0.602. The number of hydrogen-bond acceptors (Lipinski definition) is 5. The molecule has 3 aliphatic rings. The van der Waals surface area contributed by atoms with Crippen LogP contribution in [0.25, 0.3) is 11.4 Å². The number of carbonyl (C=O) groups excluding carboxylic acids is 1. The van der Waals surface area contributed by atoms with E-state index in [0.29, 0.717) is 30.4 Å². The molecule has 2 aliphatic heterocycles. The fourth-order valence-corrected chi connectivity index (χ4v) is 4.83. The minimum Gasteiger partial charge on any atom is -0.477 e. The van der Waals surface area contributed by atoms with Gasteiger partial charge in [0.1, 0.15) is 11.6 Å². The zero-order chi connectivity index (χ0) is 22.1.